The first kappa shape index (κ1) is 21.1. The fourth-order valence-corrected chi connectivity index (χ4v) is 4.01. The molecule has 5 nitrogen and oxygen atoms in total. The van der Waals surface area contributed by atoms with E-state index >= 15 is 0 Å². The molecule has 1 heterocycles. The minimum atomic E-state index is 0.0277. The molecule has 0 aromatic heterocycles. The summed E-state index contributed by atoms with van der Waals surface area (Å²) in [5.74, 6) is 0.223. The number of carbonyl (C=O) groups excluding carboxylic acids is 2. The highest BCUT2D eigenvalue weighted by Gasteiger charge is 2.22. The summed E-state index contributed by atoms with van der Waals surface area (Å²) < 4.78 is 0. The second kappa shape index (κ2) is 10.2. The van der Waals surface area contributed by atoms with Crippen molar-refractivity contribution in [2.24, 2.45) is 0 Å². The van der Waals surface area contributed by atoms with E-state index in [1.165, 1.54) is 16.3 Å². The number of benzene rings is 3. The average Bonchev–Trinajstić information content (AvgIpc) is 2.82. The third-order valence-corrected chi connectivity index (χ3v) is 5.87. The number of nitrogens with one attached hydrogen (secondary N) is 1. The predicted molar refractivity (Wildman–Crippen MR) is 124 cm³/mol. The summed E-state index contributed by atoms with van der Waals surface area (Å²) in [6.07, 6.45) is 1.28. The molecule has 4 rings (SSSR count). The molecule has 0 atom stereocenters. The molecular formula is C26H29N3O2. The van der Waals surface area contributed by atoms with Gasteiger partial charge in [0, 0.05) is 39.1 Å². The van der Waals surface area contributed by atoms with Gasteiger partial charge in [-0.1, -0.05) is 72.8 Å². The van der Waals surface area contributed by atoms with E-state index in [4.69, 9.17) is 0 Å². The van der Waals surface area contributed by atoms with E-state index in [2.05, 4.69) is 40.5 Å². The van der Waals surface area contributed by atoms with E-state index in [0.29, 0.717) is 32.6 Å². The van der Waals surface area contributed by atoms with Gasteiger partial charge in [-0.15, -0.1) is 0 Å². The largest absolute Gasteiger partial charge is 0.351 e. The molecule has 160 valence electrons. The summed E-state index contributed by atoms with van der Waals surface area (Å²) >= 11 is 0. The lowest BCUT2D eigenvalue weighted by molar-refractivity contribution is -0.133. The van der Waals surface area contributed by atoms with Crippen molar-refractivity contribution in [1.29, 1.82) is 0 Å². The predicted octanol–water partition coefficient (Wildman–Crippen LogP) is 3.23. The first-order valence-corrected chi connectivity index (χ1v) is 11.0. The van der Waals surface area contributed by atoms with Crippen molar-refractivity contribution in [3.05, 3.63) is 83.9 Å². The summed E-state index contributed by atoms with van der Waals surface area (Å²) in [7, 11) is 0. The van der Waals surface area contributed by atoms with Crippen LogP contribution in [-0.4, -0.2) is 54.3 Å². The summed E-state index contributed by atoms with van der Waals surface area (Å²) in [6.45, 7) is 3.77. The zero-order valence-corrected chi connectivity index (χ0v) is 17.8. The minimum Gasteiger partial charge on any atom is -0.351 e. The molecule has 0 spiro atoms. The fraction of sp³-hybridized carbons (Fsp3) is 0.308. The zero-order valence-electron chi connectivity index (χ0n) is 17.8. The quantitative estimate of drug-likeness (QED) is 0.645. The number of rotatable bonds is 7. The molecule has 3 aromatic carbocycles. The van der Waals surface area contributed by atoms with Gasteiger partial charge in [0.15, 0.2) is 0 Å². The zero-order chi connectivity index (χ0) is 21.5. The molecule has 0 radical (unpaired) electrons. The Labute approximate surface area is 183 Å². The van der Waals surface area contributed by atoms with Crippen LogP contribution >= 0.6 is 0 Å². The van der Waals surface area contributed by atoms with Gasteiger partial charge in [-0.05, 0) is 28.3 Å². The fourth-order valence-electron chi connectivity index (χ4n) is 4.01. The standard InChI is InChI=1S/C26H29N3O2/c30-25(27-19-22-6-2-1-3-7-22)20-28-14-16-29(17-15-28)26(31)13-11-21-10-12-23-8-4-5-9-24(23)18-21/h1-10,12,18H,11,13-17,19-20H2,(H,27,30). The van der Waals surface area contributed by atoms with Gasteiger partial charge in [-0.3, -0.25) is 14.5 Å². The van der Waals surface area contributed by atoms with Gasteiger partial charge in [0.1, 0.15) is 0 Å². The van der Waals surface area contributed by atoms with Gasteiger partial charge >= 0.3 is 0 Å². The van der Waals surface area contributed by atoms with Crippen LogP contribution in [0.3, 0.4) is 0 Å². The van der Waals surface area contributed by atoms with Crippen LogP contribution in [0.4, 0.5) is 0 Å². The highest BCUT2D eigenvalue weighted by molar-refractivity contribution is 5.83. The molecule has 0 bridgehead atoms. The number of amides is 2. The SMILES string of the molecule is O=C(CN1CCN(C(=O)CCc2ccc3ccccc3c2)CC1)NCc1ccccc1. The molecule has 1 aliphatic heterocycles. The van der Waals surface area contributed by atoms with Crippen molar-refractivity contribution in [1.82, 2.24) is 15.1 Å². The Hall–Kier alpha value is -3.18. The molecule has 0 unspecified atom stereocenters. The molecule has 1 aliphatic rings. The van der Waals surface area contributed by atoms with Crippen LogP contribution in [-0.2, 0) is 22.6 Å². The van der Waals surface area contributed by atoms with Gasteiger partial charge in [-0.25, -0.2) is 0 Å². The van der Waals surface area contributed by atoms with E-state index in [-0.39, 0.29) is 11.8 Å². The third kappa shape index (κ3) is 5.92. The summed E-state index contributed by atoms with van der Waals surface area (Å²) in [4.78, 5) is 28.9. The lowest BCUT2D eigenvalue weighted by atomic mass is 10.0. The molecule has 1 saturated heterocycles. The molecule has 0 aliphatic carbocycles. The van der Waals surface area contributed by atoms with Gasteiger partial charge in [-0.2, -0.15) is 0 Å². The number of carbonyl (C=O) groups is 2. The van der Waals surface area contributed by atoms with Crippen LogP contribution in [0.15, 0.2) is 72.8 Å². The first-order chi connectivity index (χ1) is 15.2. The summed E-state index contributed by atoms with van der Waals surface area (Å²) in [6, 6.07) is 24.6. The molecule has 1 fully saturated rings. The highest BCUT2D eigenvalue weighted by atomic mass is 16.2. The number of aryl methyl sites for hydroxylation is 1. The van der Waals surface area contributed by atoms with Gasteiger partial charge in [0.25, 0.3) is 0 Å². The maximum absolute atomic E-state index is 12.7. The molecule has 0 saturated carbocycles. The van der Waals surface area contributed by atoms with Crippen molar-refractivity contribution in [2.75, 3.05) is 32.7 Å². The highest BCUT2D eigenvalue weighted by Crippen LogP contribution is 2.17. The Kier molecular flexibility index (Phi) is 6.95. The average molecular weight is 416 g/mol. The van der Waals surface area contributed by atoms with E-state index < -0.39 is 0 Å². The van der Waals surface area contributed by atoms with Crippen LogP contribution in [0, 0.1) is 0 Å². The van der Waals surface area contributed by atoms with Gasteiger partial charge in [0.05, 0.1) is 6.54 Å². The normalized spacial score (nSPS) is 14.5. The summed E-state index contributed by atoms with van der Waals surface area (Å²) in [5.41, 5.74) is 2.29. The molecule has 3 aromatic rings. The first-order valence-electron chi connectivity index (χ1n) is 11.0. The van der Waals surface area contributed by atoms with Crippen LogP contribution in [0.25, 0.3) is 10.8 Å². The molecule has 5 heteroatoms. The maximum Gasteiger partial charge on any atom is 0.234 e. The van der Waals surface area contributed by atoms with Gasteiger partial charge in [0.2, 0.25) is 11.8 Å². The lowest BCUT2D eigenvalue weighted by Gasteiger charge is -2.34. The molecule has 1 N–H and O–H groups in total. The lowest BCUT2D eigenvalue weighted by Crippen LogP contribution is -2.51. The smallest absolute Gasteiger partial charge is 0.234 e. The Morgan fingerprint density at radius 1 is 0.774 bits per heavy atom. The monoisotopic (exact) mass is 415 g/mol. The maximum atomic E-state index is 12.7. The molecule has 2 amide bonds. The van der Waals surface area contributed by atoms with E-state index in [1.807, 2.05) is 47.4 Å². The number of hydrogen-bond donors (Lipinski definition) is 1. The van der Waals surface area contributed by atoms with Crippen LogP contribution in [0.5, 0.6) is 0 Å². The Morgan fingerprint density at radius 2 is 1.48 bits per heavy atom. The Bertz CT molecular complexity index is 1030. The topological polar surface area (TPSA) is 52.7 Å². The second-order valence-corrected chi connectivity index (χ2v) is 8.10. The minimum absolute atomic E-state index is 0.0277. The van der Waals surface area contributed by atoms with Crippen molar-refractivity contribution in [2.45, 2.75) is 19.4 Å². The van der Waals surface area contributed by atoms with Crippen molar-refractivity contribution in [3.8, 4) is 0 Å². The summed E-state index contributed by atoms with van der Waals surface area (Å²) in [5, 5.41) is 5.41. The van der Waals surface area contributed by atoms with Crippen molar-refractivity contribution < 1.29 is 9.59 Å². The van der Waals surface area contributed by atoms with Crippen molar-refractivity contribution in [3.63, 3.8) is 0 Å². The van der Waals surface area contributed by atoms with E-state index in [1.54, 1.807) is 0 Å². The number of hydrogen-bond acceptors (Lipinski definition) is 3. The molecular weight excluding hydrogens is 386 g/mol. The third-order valence-electron chi connectivity index (χ3n) is 5.87. The number of nitrogens with zero attached hydrogens (tertiary/aromatic N) is 2. The van der Waals surface area contributed by atoms with Crippen LogP contribution in [0.2, 0.25) is 0 Å². The van der Waals surface area contributed by atoms with E-state index in [9.17, 15) is 9.59 Å². The van der Waals surface area contributed by atoms with Crippen molar-refractivity contribution >= 4 is 22.6 Å². The molecule has 31 heavy (non-hydrogen) atoms. The number of fused-ring (bicyclic) bond motifs is 1. The van der Waals surface area contributed by atoms with Crippen LogP contribution < -0.4 is 5.32 Å². The second-order valence-electron chi connectivity index (χ2n) is 8.10. The Balaban J connectivity index is 1.18. The van der Waals surface area contributed by atoms with E-state index in [0.717, 1.165) is 25.1 Å². The van der Waals surface area contributed by atoms with Gasteiger partial charge < -0.3 is 10.2 Å². The van der Waals surface area contributed by atoms with Crippen LogP contribution in [0.1, 0.15) is 17.5 Å². The number of piperazine rings is 1. The Morgan fingerprint density at radius 3 is 2.26 bits per heavy atom.